The molecule has 2 aromatic rings. The lowest BCUT2D eigenvalue weighted by Gasteiger charge is -2.29. The molecule has 0 unspecified atom stereocenters. The number of methoxy groups -OCH3 is 3. The molecule has 0 bridgehead atoms. The van der Waals surface area contributed by atoms with Crippen molar-refractivity contribution in [1.29, 1.82) is 0 Å². The molecule has 1 atom stereocenters. The summed E-state index contributed by atoms with van der Waals surface area (Å²) in [5.41, 5.74) is 2.75. The molecule has 1 aliphatic heterocycles. The molecule has 0 saturated carbocycles. The van der Waals surface area contributed by atoms with E-state index in [9.17, 15) is 9.59 Å². The number of amides is 2. The van der Waals surface area contributed by atoms with Gasteiger partial charge in [0.05, 0.1) is 32.9 Å². The highest BCUT2D eigenvalue weighted by atomic mass is 32.2. The first kappa shape index (κ1) is 21.6. The molecule has 0 aromatic heterocycles. The standard InChI is InChI=1S/C22H24N2O5S/c1-27-17-10-9-15(11-18(17)28-2)20-19(21(25)29-3)16(23-22(26)24-20)13-30-12-14-7-5-4-6-8-14/h4-11,20H,12-13H2,1-3H3,(H2,23,24,26)/t20-/m1/s1. The summed E-state index contributed by atoms with van der Waals surface area (Å²) in [4.78, 5) is 25.0. The van der Waals surface area contributed by atoms with E-state index in [2.05, 4.69) is 10.6 Å². The fraction of sp³-hybridized carbons (Fsp3) is 0.273. The van der Waals surface area contributed by atoms with Gasteiger partial charge in [0.2, 0.25) is 0 Å². The maximum absolute atomic E-state index is 12.6. The largest absolute Gasteiger partial charge is 0.493 e. The highest BCUT2D eigenvalue weighted by molar-refractivity contribution is 7.98. The van der Waals surface area contributed by atoms with Crippen LogP contribution >= 0.6 is 11.8 Å². The number of benzene rings is 2. The van der Waals surface area contributed by atoms with Gasteiger partial charge >= 0.3 is 12.0 Å². The second-order valence-corrected chi connectivity index (χ2v) is 7.49. The summed E-state index contributed by atoms with van der Waals surface area (Å²) in [6, 6.07) is 14.2. The Morgan fingerprint density at radius 2 is 1.73 bits per heavy atom. The molecule has 7 nitrogen and oxygen atoms in total. The van der Waals surface area contributed by atoms with Crippen LogP contribution in [0, 0.1) is 0 Å². The lowest BCUT2D eigenvalue weighted by atomic mass is 9.95. The Hall–Kier alpha value is -3.13. The van der Waals surface area contributed by atoms with Crippen LogP contribution in [-0.2, 0) is 15.3 Å². The van der Waals surface area contributed by atoms with Crippen molar-refractivity contribution < 1.29 is 23.8 Å². The van der Waals surface area contributed by atoms with Crippen LogP contribution in [0.1, 0.15) is 17.2 Å². The molecular weight excluding hydrogens is 404 g/mol. The third-order valence-corrected chi connectivity index (χ3v) is 5.69. The number of urea groups is 1. The molecule has 0 fully saturated rings. The van der Waals surface area contributed by atoms with Crippen molar-refractivity contribution in [3.63, 3.8) is 0 Å². The summed E-state index contributed by atoms with van der Waals surface area (Å²) in [6.07, 6.45) is 0. The van der Waals surface area contributed by atoms with Crippen LogP contribution in [0.3, 0.4) is 0 Å². The maximum atomic E-state index is 12.6. The van der Waals surface area contributed by atoms with E-state index in [4.69, 9.17) is 14.2 Å². The lowest BCUT2D eigenvalue weighted by molar-refractivity contribution is -0.136. The van der Waals surface area contributed by atoms with Gasteiger partial charge in [0.15, 0.2) is 11.5 Å². The summed E-state index contributed by atoms with van der Waals surface area (Å²) in [5.74, 6) is 1.77. The highest BCUT2D eigenvalue weighted by Crippen LogP contribution is 2.35. The highest BCUT2D eigenvalue weighted by Gasteiger charge is 2.33. The maximum Gasteiger partial charge on any atom is 0.338 e. The van der Waals surface area contributed by atoms with Crippen molar-refractivity contribution >= 4 is 23.8 Å². The summed E-state index contributed by atoms with van der Waals surface area (Å²) >= 11 is 1.60. The van der Waals surface area contributed by atoms with Crippen LogP contribution in [0.15, 0.2) is 59.8 Å². The van der Waals surface area contributed by atoms with Gasteiger partial charge in [-0.1, -0.05) is 36.4 Å². The average Bonchev–Trinajstić information content (AvgIpc) is 2.78. The Balaban J connectivity index is 1.92. The first-order valence-electron chi connectivity index (χ1n) is 9.29. The van der Waals surface area contributed by atoms with Gasteiger partial charge in [0.1, 0.15) is 0 Å². The Kier molecular flexibility index (Phi) is 7.24. The van der Waals surface area contributed by atoms with Crippen LogP contribution in [0.4, 0.5) is 4.79 Å². The summed E-state index contributed by atoms with van der Waals surface area (Å²) in [7, 11) is 4.41. The van der Waals surface area contributed by atoms with Crippen molar-refractivity contribution in [3.8, 4) is 11.5 Å². The van der Waals surface area contributed by atoms with Crippen LogP contribution < -0.4 is 20.1 Å². The summed E-state index contributed by atoms with van der Waals surface area (Å²) in [6.45, 7) is 0. The number of ether oxygens (including phenoxy) is 3. The third kappa shape index (κ3) is 4.88. The SMILES string of the molecule is COC(=O)C1=C(CSCc2ccccc2)NC(=O)N[C@@H]1c1ccc(OC)c(OC)c1. The molecule has 0 spiro atoms. The van der Waals surface area contributed by atoms with Crippen molar-refractivity contribution in [3.05, 3.63) is 70.9 Å². The predicted octanol–water partition coefficient (Wildman–Crippen LogP) is 3.42. The number of hydrogen-bond acceptors (Lipinski definition) is 6. The molecule has 1 aliphatic rings. The Bertz CT molecular complexity index is 946. The molecule has 2 amide bonds. The zero-order valence-electron chi connectivity index (χ0n) is 17.1. The van der Waals surface area contributed by atoms with Gasteiger partial charge in [-0.25, -0.2) is 9.59 Å². The van der Waals surface area contributed by atoms with Crippen molar-refractivity contribution in [1.82, 2.24) is 10.6 Å². The smallest absolute Gasteiger partial charge is 0.338 e. The molecule has 8 heteroatoms. The van der Waals surface area contributed by atoms with E-state index in [-0.39, 0.29) is 6.03 Å². The molecule has 3 rings (SSSR count). The second kappa shape index (κ2) is 10.1. The molecule has 158 valence electrons. The molecule has 2 N–H and O–H groups in total. The molecular formula is C22H24N2O5S. The van der Waals surface area contributed by atoms with Gasteiger partial charge in [-0.05, 0) is 23.3 Å². The van der Waals surface area contributed by atoms with Gasteiger partial charge in [-0.3, -0.25) is 0 Å². The normalized spacial score (nSPS) is 15.8. The first-order chi connectivity index (χ1) is 14.6. The number of carbonyl (C=O) groups is 2. The fourth-order valence-electron chi connectivity index (χ4n) is 3.21. The fourth-order valence-corrected chi connectivity index (χ4v) is 4.17. The van der Waals surface area contributed by atoms with E-state index in [1.807, 2.05) is 30.3 Å². The molecule has 30 heavy (non-hydrogen) atoms. The van der Waals surface area contributed by atoms with Crippen LogP contribution in [0.5, 0.6) is 11.5 Å². The number of hydrogen-bond donors (Lipinski definition) is 2. The van der Waals surface area contributed by atoms with Crippen molar-refractivity contribution in [2.24, 2.45) is 0 Å². The second-order valence-electron chi connectivity index (χ2n) is 6.51. The third-order valence-electron chi connectivity index (χ3n) is 4.66. The Labute approximate surface area is 179 Å². The number of carbonyl (C=O) groups excluding carboxylic acids is 2. The van der Waals surface area contributed by atoms with Crippen LogP contribution in [0.2, 0.25) is 0 Å². The van der Waals surface area contributed by atoms with E-state index in [0.717, 1.165) is 5.75 Å². The van der Waals surface area contributed by atoms with E-state index >= 15 is 0 Å². The molecule has 1 heterocycles. The monoisotopic (exact) mass is 428 g/mol. The van der Waals surface area contributed by atoms with Crippen LogP contribution in [-0.4, -0.2) is 39.1 Å². The zero-order valence-corrected chi connectivity index (χ0v) is 17.9. The van der Waals surface area contributed by atoms with Gasteiger partial charge < -0.3 is 24.8 Å². The Morgan fingerprint density at radius 1 is 1.00 bits per heavy atom. The van der Waals surface area contributed by atoms with E-state index in [1.54, 1.807) is 37.1 Å². The van der Waals surface area contributed by atoms with Crippen LogP contribution in [0.25, 0.3) is 0 Å². The molecule has 2 aromatic carbocycles. The number of rotatable bonds is 8. The molecule has 0 radical (unpaired) electrons. The molecule has 0 saturated heterocycles. The van der Waals surface area contributed by atoms with Crippen molar-refractivity contribution in [2.75, 3.05) is 27.1 Å². The summed E-state index contributed by atoms with van der Waals surface area (Å²) < 4.78 is 15.7. The summed E-state index contributed by atoms with van der Waals surface area (Å²) in [5, 5.41) is 5.58. The van der Waals surface area contributed by atoms with Gasteiger partial charge in [0, 0.05) is 17.2 Å². The quantitative estimate of drug-likeness (QED) is 0.627. The number of nitrogens with one attached hydrogen (secondary N) is 2. The number of thioether (sulfide) groups is 1. The van der Waals surface area contributed by atoms with Gasteiger partial charge in [-0.15, -0.1) is 0 Å². The molecule has 0 aliphatic carbocycles. The minimum atomic E-state index is -0.668. The number of esters is 1. The lowest BCUT2D eigenvalue weighted by Crippen LogP contribution is -2.46. The minimum absolute atomic E-state index is 0.366. The first-order valence-corrected chi connectivity index (χ1v) is 10.4. The minimum Gasteiger partial charge on any atom is -0.493 e. The van der Waals surface area contributed by atoms with E-state index in [1.165, 1.54) is 19.8 Å². The van der Waals surface area contributed by atoms with Gasteiger partial charge in [0.25, 0.3) is 0 Å². The zero-order chi connectivity index (χ0) is 21.5. The predicted molar refractivity (Wildman–Crippen MR) is 116 cm³/mol. The van der Waals surface area contributed by atoms with Gasteiger partial charge in [-0.2, -0.15) is 11.8 Å². The van der Waals surface area contributed by atoms with Crippen molar-refractivity contribution in [2.45, 2.75) is 11.8 Å². The van der Waals surface area contributed by atoms with E-state index < -0.39 is 12.0 Å². The van der Waals surface area contributed by atoms with E-state index in [0.29, 0.717) is 34.1 Å². The topological polar surface area (TPSA) is 85.9 Å². The average molecular weight is 429 g/mol. The Morgan fingerprint density at radius 3 is 2.40 bits per heavy atom.